The number of rotatable bonds is 2. The zero-order valence-corrected chi connectivity index (χ0v) is 14.4. The summed E-state index contributed by atoms with van der Waals surface area (Å²) in [4.78, 5) is 17.7. The van der Waals surface area contributed by atoms with Crippen LogP contribution in [-0.4, -0.2) is 27.6 Å². The maximum absolute atomic E-state index is 10.9. The van der Waals surface area contributed by atoms with Crippen molar-refractivity contribution in [3.8, 4) is 0 Å². The monoisotopic (exact) mass is 381 g/mol. The fourth-order valence-corrected chi connectivity index (χ4v) is 4.37. The van der Waals surface area contributed by atoms with Gasteiger partial charge in [0.25, 0.3) is 5.69 Å². The average Bonchev–Trinajstić information content (AvgIpc) is 3.10. The topological polar surface area (TPSA) is 58.7 Å². The van der Waals surface area contributed by atoms with E-state index in [1.807, 2.05) is 6.07 Å². The van der Waals surface area contributed by atoms with Gasteiger partial charge in [0.15, 0.2) is 5.17 Å². The number of nitro groups is 1. The van der Waals surface area contributed by atoms with Crippen LogP contribution in [0.2, 0.25) is 0 Å². The number of benzene rings is 1. The van der Waals surface area contributed by atoms with E-state index in [1.165, 1.54) is 25.3 Å². The molecule has 0 N–H and O–H groups in total. The van der Waals surface area contributed by atoms with Crippen LogP contribution in [-0.2, 0) is 0 Å². The summed E-state index contributed by atoms with van der Waals surface area (Å²) in [6.07, 6.45) is 3.71. The van der Waals surface area contributed by atoms with E-state index < -0.39 is 0 Å². The zero-order chi connectivity index (χ0) is 14.4. The Hall–Kier alpha value is -1.34. The minimum Gasteiger partial charge on any atom is -0.320 e. The van der Waals surface area contributed by atoms with Gasteiger partial charge >= 0.3 is 0 Å². The molecule has 0 radical (unpaired) electrons. The van der Waals surface area contributed by atoms with E-state index in [0.717, 1.165) is 23.0 Å². The third kappa shape index (κ3) is 2.56. The summed E-state index contributed by atoms with van der Waals surface area (Å²) in [6.45, 7) is 0.991. The molecule has 3 aliphatic rings. The normalized spacial score (nSPS) is 25.7. The Balaban J connectivity index is 0.00000144. The molecule has 22 heavy (non-hydrogen) atoms. The van der Waals surface area contributed by atoms with Gasteiger partial charge in [0.2, 0.25) is 0 Å². The van der Waals surface area contributed by atoms with Gasteiger partial charge in [-0.25, -0.2) is 0 Å². The van der Waals surface area contributed by atoms with Crippen molar-refractivity contribution in [3.63, 3.8) is 0 Å². The molecular weight excluding hydrogens is 366 g/mol. The highest BCUT2D eigenvalue weighted by Gasteiger charge is 2.37. The molecule has 116 valence electrons. The van der Waals surface area contributed by atoms with Gasteiger partial charge in [-0.15, -0.1) is 17.0 Å². The van der Waals surface area contributed by atoms with E-state index in [1.54, 1.807) is 23.9 Å². The molecule has 1 aliphatic carbocycles. The number of thioether (sulfide) groups is 1. The highest BCUT2D eigenvalue weighted by molar-refractivity contribution is 8.93. The number of nitro benzene ring substituents is 1. The van der Waals surface area contributed by atoms with E-state index >= 15 is 0 Å². The molecule has 4 rings (SSSR count). The second-order valence-electron chi connectivity index (χ2n) is 5.71. The van der Waals surface area contributed by atoms with Crippen molar-refractivity contribution < 1.29 is 4.92 Å². The lowest BCUT2D eigenvalue weighted by molar-refractivity contribution is -0.384. The summed E-state index contributed by atoms with van der Waals surface area (Å²) < 4.78 is 0. The quantitative estimate of drug-likeness (QED) is 0.572. The molecule has 1 aromatic rings. The Morgan fingerprint density at radius 3 is 3.05 bits per heavy atom. The molecule has 0 aromatic heterocycles. The van der Waals surface area contributed by atoms with Crippen LogP contribution < -0.4 is 0 Å². The fraction of sp³-hybridized carbons (Fsp3) is 0.400. The van der Waals surface area contributed by atoms with E-state index in [9.17, 15) is 10.1 Å². The number of nitrogens with zero attached hydrogens (tertiary/aromatic N) is 3. The molecule has 2 heterocycles. The fourth-order valence-electron chi connectivity index (χ4n) is 3.39. The smallest absolute Gasteiger partial charge is 0.270 e. The SMILES string of the molecule is Br.O=[N+]([O-])c1cccc(C2=CSC3=NC4CCCC4CN23)c1. The van der Waals surface area contributed by atoms with Crippen LogP contribution in [0.3, 0.4) is 0 Å². The number of aliphatic imine (C=N–C) groups is 1. The Morgan fingerprint density at radius 2 is 2.23 bits per heavy atom. The number of fused-ring (bicyclic) bond motifs is 2. The summed E-state index contributed by atoms with van der Waals surface area (Å²) in [5, 5.41) is 14.1. The van der Waals surface area contributed by atoms with E-state index in [2.05, 4.69) is 10.3 Å². The lowest BCUT2D eigenvalue weighted by atomic mass is 10.0. The van der Waals surface area contributed by atoms with Crippen LogP contribution in [0, 0.1) is 16.0 Å². The van der Waals surface area contributed by atoms with Crippen molar-refractivity contribution in [1.29, 1.82) is 0 Å². The largest absolute Gasteiger partial charge is 0.320 e. The molecular formula is C15H16BrN3O2S. The minimum absolute atomic E-state index is 0. The maximum atomic E-state index is 10.9. The molecule has 0 spiro atoms. The third-order valence-corrected chi connectivity index (χ3v) is 5.34. The van der Waals surface area contributed by atoms with Gasteiger partial charge in [-0.1, -0.05) is 30.3 Å². The number of non-ortho nitro benzene ring substituents is 1. The average molecular weight is 382 g/mol. The Bertz CT molecular complexity index is 677. The van der Waals surface area contributed by atoms with Crippen LogP contribution in [0.25, 0.3) is 5.70 Å². The molecule has 1 aromatic carbocycles. The van der Waals surface area contributed by atoms with Crippen molar-refractivity contribution in [2.24, 2.45) is 10.9 Å². The van der Waals surface area contributed by atoms with Gasteiger partial charge in [0.1, 0.15) is 0 Å². The van der Waals surface area contributed by atoms with Crippen LogP contribution in [0.5, 0.6) is 0 Å². The summed E-state index contributed by atoms with van der Waals surface area (Å²) in [5.41, 5.74) is 2.09. The first-order valence-electron chi connectivity index (χ1n) is 7.19. The first-order chi connectivity index (χ1) is 10.2. The van der Waals surface area contributed by atoms with Crippen molar-refractivity contribution in [2.45, 2.75) is 25.3 Å². The molecule has 7 heteroatoms. The van der Waals surface area contributed by atoms with Crippen LogP contribution in [0.15, 0.2) is 34.7 Å². The zero-order valence-electron chi connectivity index (χ0n) is 11.8. The Morgan fingerprint density at radius 1 is 1.36 bits per heavy atom. The number of hydrogen-bond acceptors (Lipinski definition) is 5. The van der Waals surface area contributed by atoms with Gasteiger partial charge in [0, 0.05) is 29.6 Å². The highest BCUT2D eigenvalue weighted by Crippen LogP contribution is 2.42. The first-order valence-corrected chi connectivity index (χ1v) is 8.07. The Kier molecular flexibility index (Phi) is 4.27. The second-order valence-corrected chi connectivity index (χ2v) is 6.55. The summed E-state index contributed by atoms with van der Waals surface area (Å²) in [5.74, 6) is 0.634. The second kappa shape index (κ2) is 6.04. The molecule has 0 bridgehead atoms. The standard InChI is InChI=1S/C15H15N3O2S.BrH/c19-18(20)12-5-1-3-10(7-12)14-9-21-15-16-13-6-2-4-11(13)8-17(14)15;/h1,3,5,7,9,11,13H,2,4,6,8H2;1H. The van der Waals surface area contributed by atoms with E-state index in [4.69, 9.17) is 4.99 Å². The van der Waals surface area contributed by atoms with E-state index in [-0.39, 0.29) is 27.6 Å². The Labute approximate surface area is 143 Å². The van der Waals surface area contributed by atoms with Crippen molar-refractivity contribution >= 4 is 45.3 Å². The molecule has 2 atom stereocenters. The van der Waals surface area contributed by atoms with Crippen molar-refractivity contribution in [3.05, 3.63) is 45.4 Å². The van der Waals surface area contributed by atoms with Gasteiger partial charge in [-0.2, -0.15) is 0 Å². The summed E-state index contributed by atoms with van der Waals surface area (Å²) in [6, 6.07) is 7.35. The van der Waals surface area contributed by atoms with Crippen LogP contribution in [0.1, 0.15) is 24.8 Å². The van der Waals surface area contributed by atoms with Gasteiger partial charge in [0.05, 0.1) is 16.7 Å². The molecule has 0 amide bonds. The lowest BCUT2D eigenvalue weighted by Crippen LogP contribution is -2.37. The minimum atomic E-state index is -0.343. The van der Waals surface area contributed by atoms with Crippen LogP contribution in [0.4, 0.5) is 5.69 Å². The predicted octanol–water partition coefficient (Wildman–Crippen LogP) is 4.06. The number of amidine groups is 1. The summed E-state index contributed by atoms with van der Waals surface area (Å²) >= 11 is 1.64. The molecule has 1 saturated carbocycles. The van der Waals surface area contributed by atoms with E-state index in [0.29, 0.717) is 12.0 Å². The van der Waals surface area contributed by atoms with Crippen molar-refractivity contribution in [2.75, 3.05) is 6.54 Å². The van der Waals surface area contributed by atoms with Gasteiger partial charge < -0.3 is 4.90 Å². The summed E-state index contributed by atoms with van der Waals surface area (Å²) in [7, 11) is 0. The van der Waals surface area contributed by atoms with Crippen molar-refractivity contribution in [1.82, 2.24) is 4.90 Å². The van der Waals surface area contributed by atoms with Crippen LogP contribution >= 0.6 is 28.7 Å². The maximum Gasteiger partial charge on any atom is 0.270 e. The molecule has 5 nitrogen and oxygen atoms in total. The van der Waals surface area contributed by atoms with Gasteiger partial charge in [-0.05, 0) is 18.8 Å². The predicted molar refractivity (Wildman–Crippen MR) is 94.3 cm³/mol. The first kappa shape index (κ1) is 15.6. The molecule has 0 saturated heterocycles. The number of halogens is 1. The molecule has 2 aliphatic heterocycles. The number of hydrogen-bond donors (Lipinski definition) is 0. The molecule has 2 unspecified atom stereocenters. The lowest BCUT2D eigenvalue weighted by Gasteiger charge is -2.32. The third-order valence-electron chi connectivity index (χ3n) is 4.46. The van der Waals surface area contributed by atoms with Gasteiger partial charge in [-0.3, -0.25) is 15.1 Å². The highest BCUT2D eigenvalue weighted by atomic mass is 79.9. The molecule has 1 fully saturated rings.